The second-order valence-electron chi connectivity index (χ2n) is 9.80. The first-order valence-electron chi connectivity index (χ1n) is 12.2. The van der Waals surface area contributed by atoms with Crippen molar-refractivity contribution >= 4 is 34.7 Å². The molecule has 5 rings (SSSR count). The molecule has 1 atom stereocenters. The average Bonchev–Trinajstić information content (AvgIpc) is 3.41. The normalized spacial score (nSPS) is 19.5. The third kappa shape index (κ3) is 6.11. The summed E-state index contributed by atoms with van der Waals surface area (Å²) < 4.78 is 19.4. The Hall–Kier alpha value is -3.01. The molecule has 3 aromatic rings. The van der Waals surface area contributed by atoms with Crippen LogP contribution in [0.15, 0.2) is 48.7 Å². The average molecular weight is 547 g/mol. The molecular weight excluding hydrogens is 519 g/mol. The van der Waals surface area contributed by atoms with Crippen LogP contribution in [0.2, 0.25) is 10.0 Å². The van der Waals surface area contributed by atoms with Crippen molar-refractivity contribution in [2.75, 3.05) is 31.2 Å². The number of fused-ring (bicyclic) bond motifs is 1. The van der Waals surface area contributed by atoms with E-state index in [1.54, 1.807) is 10.6 Å². The monoisotopic (exact) mass is 546 g/mol. The van der Waals surface area contributed by atoms with E-state index in [2.05, 4.69) is 22.0 Å². The number of aromatic nitrogens is 2. The smallest absolute Gasteiger partial charge is 0.415 e. The minimum Gasteiger partial charge on any atom is -0.489 e. The van der Waals surface area contributed by atoms with E-state index in [1.165, 1.54) is 11.9 Å². The Bertz CT molecular complexity index is 1230. The molecule has 2 aromatic carbocycles. The lowest BCUT2D eigenvalue weighted by Gasteiger charge is -2.33. The Morgan fingerprint density at radius 2 is 1.92 bits per heavy atom. The summed E-state index contributed by atoms with van der Waals surface area (Å²) in [5.41, 5.74) is 1.55. The number of ether oxygens (including phenoxy) is 3. The van der Waals surface area contributed by atoms with Crippen molar-refractivity contribution in [3.05, 3.63) is 74.4 Å². The fraction of sp³-hybridized carbons (Fsp3) is 0.423. The fourth-order valence-electron chi connectivity index (χ4n) is 4.68. The van der Waals surface area contributed by atoms with Crippen LogP contribution in [0.3, 0.4) is 0 Å². The molecule has 2 aliphatic rings. The SMILES string of the molecule is C[C@]1(COc2ccc(N3CCC(COCc4ccc(Cl)c(Cl)c4)CC3)cc2)Cn2cc([N+](=O)[O-])nc2O1. The van der Waals surface area contributed by atoms with Gasteiger partial charge in [0.05, 0.1) is 23.2 Å². The third-order valence-corrected chi connectivity index (χ3v) is 7.46. The molecule has 0 saturated carbocycles. The van der Waals surface area contributed by atoms with Crippen molar-refractivity contribution in [2.24, 2.45) is 5.92 Å². The lowest BCUT2D eigenvalue weighted by Crippen LogP contribution is -2.38. The van der Waals surface area contributed by atoms with E-state index in [4.69, 9.17) is 37.4 Å². The molecule has 0 radical (unpaired) electrons. The van der Waals surface area contributed by atoms with Crippen LogP contribution in [0, 0.1) is 16.0 Å². The van der Waals surface area contributed by atoms with Gasteiger partial charge in [0.25, 0.3) is 0 Å². The molecule has 0 bridgehead atoms. The molecule has 11 heteroatoms. The summed E-state index contributed by atoms with van der Waals surface area (Å²) in [6.45, 7) is 5.86. The minimum absolute atomic E-state index is 0.214. The number of halogens is 2. The molecule has 0 N–H and O–H groups in total. The summed E-state index contributed by atoms with van der Waals surface area (Å²) in [7, 11) is 0. The fourth-order valence-corrected chi connectivity index (χ4v) is 5.00. The zero-order chi connectivity index (χ0) is 26.0. The topological polar surface area (TPSA) is 91.9 Å². The predicted octanol–water partition coefficient (Wildman–Crippen LogP) is 5.76. The Balaban J connectivity index is 1.04. The summed E-state index contributed by atoms with van der Waals surface area (Å²) in [5, 5.41) is 12.0. The van der Waals surface area contributed by atoms with E-state index in [9.17, 15) is 10.1 Å². The largest absolute Gasteiger partial charge is 0.489 e. The summed E-state index contributed by atoms with van der Waals surface area (Å²) >= 11 is 12.0. The van der Waals surface area contributed by atoms with E-state index >= 15 is 0 Å². The van der Waals surface area contributed by atoms with Crippen molar-refractivity contribution in [2.45, 2.75) is 38.5 Å². The maximum absolute atomic E-state index is 10.9. The Labute approximate surface area is 225 Å². The Morgan fingerprint density at radius 1 is 1.16 bits per heavy atom. The molecule has 9 nitrogen and oxygen atoms in total. The van der Waals surface area contributed by atoms with Crippen LogP contribution in [-0.2, 0) is 17.9 Å². The van der Waals surface area contributed by atoms with Crippen molar-refractivity contribution in [3.8, 4) is 11.8 Å². The molecule has 0 aliphatic carbocycles. The number of piperidine rings is 1. The van der Waals surface area contributed by atoms with Gasteiger partial charge in [-0.25, -0.2) is 0 Å². The molecule has 1 aromatic heterocycles. The molecule has 0 amide bonds. The number of hydrogen-bond donors (Lipinski definition) is 0. The van der Waals surface area contributed by atoms with E-state index in [0.29, 0.717) is 35.7 Å². The number of imidazole rings is 1. The van der Waals surface area contributed by atoms with Gasteiger partial charge in [-0.15, -0.1) is 0 Å². The summed E-state index contributed by atoms with van der Waals surface area (Å²) in [6, 6.07) is 13.9. The van der Waals surface area contributed by atoms with Crippen LogP contribution < -0.4 is 14.4 Å². The van der Waals surface area contributed by atoms with Crippen LogP contribution in [0.5, 0.6) is 11.8 Å². The number of anilines is 1. The van der Waals surface area contributed by atoms with E-state index < -0.39 is 10.5 Å². The van der Waals surface area contributed by atoms with Gasteiger partial charge in [0.15, 0.2) is 5.60 Å². The molecule has 196 valence electrons. The molecule has 3 heterocycles. The molecule has 0 unspecified atom stereocenters. The number of nitro groups is 1. The predicted molar refractivity (Wildman–Crippen MR) is 141 cm³/mol. The molecule has 1 saturated heterocycles. The minimum atomic E-state index is -0.639. The molecular formula is C26H28Cl2N4O5. The number of benzene rings is 2. The zero-order valence-corrected chi connectivity index (χ0v) is 22.0. The van der Waals surface area contributed by atoms with Gasteiger partial charge in [0, 0.05) is 30.4 Å². The van der Waals surface area contributed by atoms with Gasteiger partial charge in [-0.1, -0.05) is 29.3 Å². The lowest BCUT2D eigenvalue weighted by molar-refractivity contribution is -0.389. The van der Waals surface area contributed by atoms with E-state index in [-0.39, 0.29) is 11.8 Å². The second kappa shape index (κ2) is 10.8. The zero-order valence-electron chi connectivity index (χ0n) is 20.4. The highest BCUT2D eigenvalue weighted by molar-refractivity contribution is 6.42. The lowest BCUT2D eigenvalue weighted by atomic mass is 9.97. The number of hydrogen-bond acceptors (Lipinski definition) is 7. The first-order chi connectivity index (χ1) is 17.8. The summed E-state index contributed by atoms with van der Waals surface area (Å²) in [4.78, 5) is 16.6. The first-order valence-corrected chi connectivity index (χ1v) is 12.9. The van der Waals surface area contributed by atoms with Crippen molar-refractivity contribution in [1.82, 2.24) is 9.55 Å². The van der Waals surface area contributed by atoms with Gasteiger partial charge in [0.1, 0.15) is 18.6 Å². The van der Waals surface area contributed by atoms with Crippen LogP contribution in [0.4, 0.5) is 11.5 Å². The van der Waals surface area contributed by atoms with Gasteiger partial charge in [-0.2, -0.15) is 0 Å². The van der Waals surface area contributed by atoms with E-state index in [1.807, 2.05) is 31.2 Å². The van der Waals surface area contributed by atoms with Crippen molar-refractivity contribution in [1.29, 1.82) is 0 Å². The summed E-state index contributed by atoms with van der Waals surface area (Å²) in [6.07, 6.45) is 3.53. The van der Waals surface area contributed by atoms with Crippen LogP contribution in [0.1, 0.15) is 25.3 Å². The molecule has 0 spiro atoms. The highest BCUT2D eigenvalue weighted by atomic mass is 35.5. The van der Waals surface area contributed by atoms with Gasteiger partial charge in [-0.3, -0.25) is 4.57 Å². The van der Waals surface area contributed by atoms with Crippen LogP contribution in [0.25, 0.3) is 0 Å². The Morgan fingerprint density at radius 3 is 2.59 bits per heavy atom. The standard InChI is InChI=1S/C26H28Cl2N4O5/c1-26(16-31-13-24(32(33)34)29-25(31)37-26)17-36-21-5-3-20(4-6-21)30-10-8-18(9-11-30)14-35-15-19-2-7-22(27)23(28)12-19/h2-7,12-13,18H,8-11,14-17H2,1H3/t26-/m1/s1. The van der Waals surface area contributed by atoms with Gasteiger partial charge in [0.2, 0.25) is 0 Å². The quantitative estimate of drug-likeness (QED) is 0.248. The second-order valence-corrected chi connectivity index (χ2v) is 10.6. The maximum atomic E-state index is 10.9. The number of nitrogens with zero attached hydrogens (tertiary/aromatic N) is 4. The molecule has 2 aliphatic heterocycles. The van der Waals surface area contributed by atoms with Gasteiger partial charge >= 0.3 is 11.8 Å². The van der Waals surface area contributed by atoms with Crippen LogP contribution in [-0.4, -0.2) is 46.4 Å². The summed E-state index contributed by atoms with van der Waals surface area (Å²) in [5.74, 6) is 1.06. The highest BCUT2D eigenvalue weighted by Gasteiger charge is 2.41. The third-order valence-electron chi connectivity index (χ3n) is 6.72. The molecule has 1 fully saturated rings. The first kappa shape index (κ1) is 25.6. The van der Waals surface area contributed by atoms with Gasteiger partial charge in [-0.05, 0) is 72.6 Å². The van der Waals surface area contributed by atoms with Gasteiger partial charge < -0.3 is 29.2 Å². The highest BCUT2D eigenvalue weighted by Crippen LogP contribution is 2.32. The number of rotatable bonds is 9. The maximum Gasteiger partial charge on any atom is 0.415 e. The van der Waals surface area contributed by atoms with Crippen LogP contribution >= 0.6 is 23.2 Å². The van der Waals surface area contributed by atoms with E-state index in [0.717, 1.165) is 43.9 Å². The Kier molecular flexibility index (Phi) is 7.46. The van der Waals surface area contributed by atoms with Crippen molar-refractivity contribution in [3.63, 3.8) is 0 Å². The molecule has 37 heavy (non-hydrogen) atoms. The van der Waals surface area contributed by atoms with Crippen molar-refractivity contribution < 1.29 is 19.1 Å².